The van der Waals surface area contributed by atoms with Gasteiger partial charge in [0.05, 0.1) is 0 Å². The number of hydrogen-bond donors (Lipinski definition) is 3. The molecule has 1 aromatic rings. The summed E-state index contributed by atoms with van der Waals surface area (Å²) in [6.07, 6.45) is 0.868. The van der Waals surface area contributed by atoms with E-state index in [2.05, 4.69) is 38.5 Å². The molecule has 0 fully saturated rings. The highest BCUT2D eigenvalue weighted by molar-refractivity contribution is 14.1. The zero-order valence-electron chi connectivity index (χ0n) is 11.9. The third-order valence-electron chi connectivity index (χ3n) is 2.72. The van der Waals surface area contributed by atoms with E-state index < -0.39 is 6.04 Å². The van der Waals surface area contributed by atoms with E-state index in [0.717, 1.165) is 15.6 Å². The lowest BCUT2D eigenvalue weighted by Gasteiger charge is -2.14. The quantitative estimate of drug-likeness (QED) is 0.678. The monoisotopic (exact) mass is 389 g/mol. The van der Waals surface area contributed by atoms with E-state index in [0.29, 0.717) is 12.2 Å². The number of anilines is 1. The molecule has 0 heterocycles. The molecule has 0 aliphatic rings. The Balaban J connectivity index is 2.50. The van der Waals surface area contributed by atoms with E-state index in [1.54, 1.807) is 6.92 Å². The molecule has 1 atom stereocenters. The van der Waals surface area contributed by atoms with E-state index in [4.69, 9.17) is 0 Å². The summed E-state index contributed by atoms with van der Waals surface area (Å²) in [4.78, 5) is 23.4. The molecule has 0 radical (unpaired) electrons. The lowest BCUT2D eigenvalue weighted by Crippen LogP contribution is -2.46. The highest BCUT2D eigenvalue weighted by Crippen LogP contribution is 2.16. The summed E-state index contributed by atoms with van der Waals surface area (Å²) in [6, 6.07) is 4.71. The van der Waals surface area contributed by atoms with Crippen molar-refractivity contribution in [1.82, 2.24) is 10.6 Å². The average molecular weight is 389 g/mol. The molecule has 0 saturated carbocycles. The number of hydrogen-bond acceptors (Lipinski definition) is 2. The second-order valence-electron chi connectivity index (χ2n) is 4.58. The number of nitrogens with one attached hydrogen (secondary N) is 3. The zero-order chi connectivity index (χ0) is 15.1. The number of carbonyl (C=O) groups excluding carboxylic acids is 2. The molecule has 0 spiro atoms. The molecule has 0 saturated heterocycles. The first-order chi connectivity index (χ1) is 9.43. The van der Waals surface area contributed by atoms with Gasteiger partial charge in [0.25, 0.3) is 0 Å². The Morgan fingerprint density at radius 1 is 1.35 bits per heavy atom. The second-order valence-corrected chi connectivity index (χ2v) is 5.74. The van der Waals surface area contributed by atoms with Gasteiger partial charge in [-0.05, 0) is 60.6 Å². The first kappa shape index (κ1) is 16.7. The van der Waals surface area contributed by atoms with E-state index in [-0.39, 0.29) is 11.9 Å². The van der Waals surface area contributed by atoms with Crippen molar-refractivity contribution in [2.45, 2.75) is 33.2 Å². The largest absolute Gasteiger partial charge is 0.354 e. The third kappa shape index (κ3) is 5.36. The van der Waals surface area contributed by atoms with Crippen LogP contribution in [0.5, 0.6) is 0 Å². The molecule has 0 aromatic heterocycles. The van der Waals surface area contributed by atoms with Crippen LogP contribution in [0.4, 0.5) is 10.5 Å². The number of aryl methyl sites for hydroxylation is 1. The Hall–Kier alpha value is -1.31. The van der Waals surface area contributed by atoms with Crippen molar-refractivity contribution < 1.29 is 9.59 Å². The number of halogens is 1. The highest BCUT2D eigenvalue weighted by atomic mass is 127. The molecule has 0 aliphatic carbocycles. The molecule has 3 amide bonds. The normalized spacial score (nSPS) is 11.6. The summed E-state index contributed by atoms with van der Waals surface area (Å²) < 4.78 is 1.08. The fourth-order valence-electron chi connectivity index (χ4n) is 1.50. The Labute approximate surface area is 133 Å². The minimum absolute atomic E-state index is 0.180. The van der Waals surface area contributed by atoms with Crippen LogP contribution < -0.4 is 16.0 Å². The van der Waals surface area contributed by atoms with Gasteiger partial charge in [-0.15, -0.1) is 0 Å². The van der Waals surface area contributed by atoms with Gasteiger partial charge in [0.15, 0.2) is 0 Å². The van der Waals surface area contributed by atoms with Crippen LogP contribution in [0, 0.1) is 10.5 Å². The van der Waals surface area contributed by atoms with Crippen molar-refractivity contribution in [3.05, 3.63) is 27.3 Å². The summed E-state index contributed by atoms with van der Waals surface area (Å²) in [5, 5.41) is 8.06. The molecule has 1 unspecified atom stereocenters. The maximum Gasteiger partial charge on any atom is 0.319 e. The second kappa shape index (κ2) is 8.08. The van der Waals surface area contributed by atoms with E-state index in [9.17, 15) is 9.59 Å². The van der Waals surface area contributed by atoms with Crippen molar-refractivity contribution in [3.63, 3.8) is 0 Å². The van der Waals surface area contributed by atoms with Crippen molar-refractivity contribution in [2.75, 3.05) is 11.9 Å². The van der Waals surface area contributed by atoms with Crippen molar-refractivity contribution in [1.29, 1.82) is 0 Å². The third-order valence-corrected chi connectivity index (χ3v) is 3.88. The van der Waals surface area contributed by atoms with Gasteiger partial charge in [-0.3, -0.25) is 4.79 Å². The Morgan fingerprint density at radius 3 is 2.65 bits per heavy atom. The van der Waals surface area contributed by atoms with Crippen LogP contribution in [0.15, 0.2) is 18.2 Å². The molecule has 6 heteroatoms. The maximum atomic E-state index is 11.8. The average Bonchev–Trinajstić information content (AvgIpc) is 2.40. The summed E-state index contributed by atoms with van der Waals surface area (Å²) in [5.74, 6) is -0.180. The number of amides is 3. The van der Waals surface area contributed by atoms with E-state index in [1.807, 2.05) is 32.0 Å². The van der Waals surface area contributed by atoms with Gasteiger partial charge >= 0.3 is 6.03 Å². The number of benzene rings is 1. The van der Waals surface area contributed by atoms with Crippen molar-refractivity contribution in [2.24, 2.45) is 0 Å². The standard InChI is InChI=1S/C14H20IN3O2/c1-4-7-16-13(19)10(3)17-14(20)18-11-6-5-9(2)12(15)8-11/h5-6,8,10H,4,7H2,1-3H3,(H,16,19)(H2,17,18,20). The molecule has 1 rings (SSSR count). The van der Waals surface area contributed by atoms with Crippen molar-refractivity contribution in [3.8, 4) is 0 Å². The van der Waals surface area contributed by atoms with Crippen LogP contribution in [0.25, 0.3) is 0 Å². The molecule has 110 valence electrons. The smallest absolute Gasteiger partial charge is 0.319 e. The van der Waals surface area contributed by atoms with Gasteiger partial charge in [0, 0.05) is 15.8 Å². The van der Waals surface area contributed by atoms with Crippen molar-refractivity contribution >= 4 is 40.2 Å². The predicted octanol–water partition coefficient (Wildman–Crippen LogP) is 2.64. The van der Waals surface area contributed by atoms with Crippen LogP contribution >= 0.6 is 22.6 Å². The maximum absolute atomic E-state index is 11.8. The Bertz CT molecular complexity index is 491. The fraction of sp³-hybridized carbons (Fsp3) is 0.429. The fourth-order valence-corrected chi connectivity index (χ4v) is 2.02. The van der Waals surface area contributed by atoms with E-state index >= 15 is 0 Å². The molecular weight excluding hydrogens is 369 g/mol. The molecular formula is C14H20IN3O2. The highest BCUT2D eigenvalue weighted by Gasteiger charge is 2.14. The number of urea groups is 1. The van der Waals surface area contributed by atoms with Crippen LogP contribution in [0.1, 0.15) is 25.8 Å². The molecule has 1 aromatic carbocycles. The SMILES string of the molecule is CCCNC(=O)C(C)NC(=O)Nc1ccc(C)c(I)c1. The first-order valence-corrected chi connectivity index (χ1v) is 7.63. The lowest BCUT2D eigenvalue weighted by molar-refractivity contribution is -0.122. The van der Waals surface area contributed by atoms with Gasteiger partial charge in [0.1, 0.15) is 6.04 Å². The Morgan fingerprint density at radius 2 is 2.05 bits per heavy atom. The van der Waals surface area contributed by atoms with Gasteiger partial charge in [-0.2, -0.15) is 0 Å². The first-order valence-electron chi connectivity index (χ1n) is 6.55. The molecule has 0 aliphatic heterocycles. The van der Waals surface area contributed by atoms with Gasteiger partial charge in [-0.25, -0.2) is 4.79 Å². The van der Waals surface area contributed by atoms with Crippen LogP contribution in [0.2, 0.25) is 0 Å². The number of rotatable bonds is 5. The van der Waals surface area contributed by atoms with Crippen LogP contribution in [-0.2, 0) is 4.79 Å². The van der Waals surface area contributed by atoms with E-state index in [1.165, 1.54) is 0 Å². The van der Waals surface area contributed by atoms with Crippen LogP contribution in [0.3, 0.4) is 0 Å². The summed E-state index contributed by atoms with van der Waals surface area (Å²) in [6.45, 7) is 6.25. The minimum atomic E-state index is -0.564. The Kier molecular flexibility index (Phi) is 6.77. The summed E-state index contributed by atoms with van der Waals surface area (Å²) >= 11 is 2.21. The topological polar surface area (TPSA) is 70.2 Å². The molecule has 3 N–H and O–H groups in total. The molecule has 20 heavy (non-hydrogen) atoms. The lowest BCUT2D eigenvalue weighted by atomic mass is 10.2. The minimum Gasteiger partial charge on any atom is -0.354 e. The predicted molar refractivity (Wildman–Crippen MR) is 88.8 cm³/mol. The van der Waals surface area contributed by atoms with Gasteiger partial charge in [-0.1, -0.05) is 13.0 Å². The zero-order valence-corrected chi connectivity index (χ0v) is 14.1. The van der Waals surface area contributed by atoms with Crippen LogP contribution in [-0.4, -0.2) is 24.5 Å². The van der Waals surface area contributed by atoms with Gasteiger partial charge in [0.2, 0.25) is 5.91 Å². The molecule has 5 nitrogen and oxygen atoms in total. The molecule has 0 bridgehead atoms. The summed E-state index contributed by atoms with van der Waals surface area (Å²) in [7, 11) is 0. The van der Waals surface area contributed by atoms with Gasteiger partial charge < -0.3 is 16.0 Å². The summed E-state index contributed by atoms with van der Waals surface area (Å²) in [5.41, 5.74) is 1.86. The number of carbonyl (C=O) groups is 2.